The Morgan fingerprint density at radius 1 is 1.26 bits per heavy atom. The molecule has 2 aromatic rings. The van der Waals surface area contributed by atoms with Gasteiger partial charge < -0.3 is 5.73 Å². The molecule has 2 rings (SSSR count). The lowest BCUT2D eigenvalue weighted by Gasteiger charge is -2.15. The van der Waals surface area contributed by atoms with E-state index in [1.54, 1.807) is 12.1 Å². The van der Waals surface area contributed by atoms with Crippen LogP contribution in [0.25, 0.3) is 0 Å². The normalized spacial score (nSPS) is 12.5. The summed E-state index contributed by atoms with van der Waals surface area (Å²) in [5.74, 6) is -0.410. The van der Waals surface area contributed by atoms with Crippen molar-refractivity contribution in [2.45, 2.75) is 26.3 Å². The smallest absolute Gasteiger partial charge is 0.141 e. The summed E-state index contributed by atoms with van der Waals surface area (Å²) in [5.41, 5.74) is 10.0. The third-order valence-corrected chi connectivity index (χ3v) is 3.39. The summed E-state index contributed by atoms with van der Waals surface area (Å²) in [6.07, 6.45) is 0.603. The second-order valence-electron chi connectivity index (χ2n) is 4.69. The summed E-state index contributed by atoms with van der Waals surface area (Å²) < 4.78 is 13.1. The standard InChI is InChI=1S/C15H16ClFN2/c1-9-3-5-12(10(2)19-9)15(18)8-11-4-6-14(17)13(16)7-11/h3-7,15H,8,18H2,1-2H3. The monoisotopic (exact) mass is 278 g/mol. The zero-order valence-electron chi connectivity index (χ0n) is 11.0. The SMILES string of the molecule is Cc1ccc(C(N)Cc2ccc(F)c(Cl)c2)c(C)n1. The number of hydrogen-bond donors (Lipinski definition) is 1. The van der Waals surface area contributed by atoms with Crippen molar-refractivity contribution in [1.82, 2.24) is 4.98 Å². The molecule has 0 spiro atoms. The molecule has 4 heteroatoms. The van der Waals surface area contributed by atoms with Crippen molar-refractivity contribution in [3.8, 4) is 0 Å². The number of hydrogen-bond acceptors (Lipinski definition) is 2. The van der Waals surface area contributed by atoms with E-state index in [9.17, 15) is 4.39 Å². The van der Waals surface area contributed by atoms with Crippen LogP contribution in [-0.2, 0) is 6.42 Å². The molecule has 0 amide bonds. The zero-order valence-corrected chi connectivity index (χ0v) is 11.7. The van der Waals surface area contributed by atoms with Gasteiger partial charge in [-0.25, -0.2) is 4.39 Å². The minimum absolute atomic E-state index is 0.128. The predicted octanol–water partition coefficient (Wildman–Crippen LogP) is 3.73. The van der Waals surface area contributed by atoms with Crippen LogP contribution in [0.5, 0.6) is 0 Å². The highest BCUT2D eigenvalue weighted by atomic mass is 35.5. The van der Waals surface area contributed by atoms with Crippen molar-refractivity contribution in [2.75, 3.05) is 0 Å². The molecule has 1 aromatic carbocycles. The first-order chi connectivity index (χ1) is 8.97. The number of aromatic nitrogens is 1. The molecule has 0 aliphatic heterocycles. The molecule has 0 radical (unpaired) electrons. The molecule has 0 aliphatic carbocycles. The largest absolute Gasteiger partial charge is 0.324 e. The van der Waals surface area contributed by atoms with E-state index >= 15 is 0 Å². The van der Waals surface area contributed by atoms with Gasteiger partial charge in [0.15, 0.2) is 0 Å². The molecule has 1 heterocycles. The van der Waals surface area contributed by atoms with Crippen LogP contribution in [0.1, 0.15) is 28.6 Å². The van der Waals surface area contributed by atoms with Gasteiger partial charge in [-0.2, -0.15) is 0 Å². The fourth-order valence-corrected chi connectivity index (χ4v) is 2.32. The van der Waals surface area contributed by atoms with Crippen LogP contribution >= 0.6 is 11.6 Å². The Morgan fingerprint density at radius 3 is 2.63 bits per heavy atom. The van der Waals surface area contributed by atoms with Crippen molar-refractivity contribution in [2.24, 2.45) is 5.73 Å². The lowest BCUT2D eigenvalue weighted by molar-refractivity contribution is 0.626. The number of nitrogens with two attached hydrogens (primary N) is 1. The van der Waals surface area contributed by atoms with Gasteiger partial charge in [-0.05, 0) is 49.6 Å². The molecule has 0 saturated carbocycles. The Balaban J connectivity index is 2.20. The molecule has 0 saturated heterocycles. The molecule has 2 N–H and O–H groups in total. The Morgan fingerprint density at radius 2 is 2.00 bits per heavy atom. The fraction of sp³-hybridized carbons (Fsp3) is 0.267. The summed E-state index contributed by atoms with van der Waals surface area (Å²) in [4.78, 5) is 4.40. The fourth-order valence-electron chi connectivity index (χ4n) is 2.12. The summed E-state index contributed by atoms with van der Waals surface area (Å²) in [6.45, 7) is 3.89. The maximum absolute atomic E-state index is 13.1. The number of rotatable bonds is 3. The lowest BCUT2D eigenvalue weighted by Crippen LogP contribution is -2.15. The second-order valence-corrected chi connectivity index (χ2v) is 5.09. The average molecular weight is 279 g/mol. The van der Waals surface area contributed by atoms with Crippen LogP contribution in [0, 0.1) is 19.7 Å². The number of halogens is 2. The van der Waals surface area contributed by atoms with Gasteiger partial charge >= 0.3 is 0 Å². The van der Waals surface area contributed by atoms with Crippen molar-refractivity contribution < 1.29 is 4.39 Å². The van der Waals surface area contributed by atoms with Crippen molar-refractivity contribution in [3.63, 3.8) is 0 Å². The highest BCUT2D eigenvalue weighted by Crippen LogP contribution is 2.22. The topological polar surface area (TPSA) is 38.9 Å². The molecule has 2 nitrogen and oxygen atoms in total. The third-order valence-electron chi connectivity index (χ3n) is 3.11. The van der Waals surface area contributed by atoms with Crippen molar-refractivity contribution in [3.05, 3.63) is 63.7 Å². The molecule has 0 bridgehead atoms. The van der Waals surface area contributed by atoms with E-state index < -0.39 is 5.82 Å². The van der Waals surface area contributed by atoms with Gasteiger partial charge in [0.05, 0.1) is 5.02 Å². The zero-order chi connectivity index (χ0) is 14.0. The van der Waals surface area contributed by atoms with Crippen molar-refractivity contribution in [1.29, 1.82) is 0 Å². The first kappa shape index (κ1) is 14.0. The van der Waals surface area contributed by atoms with Gasteiger partial charge in [-0.1, -0.05) is 23.7 Å². The maximum Gasteiger partial charge on any atom is 0.141 e. The van der Waals surface area contributed by atoms with Gasteiger partial charge in [-0.3, -0.25) is 4.98 Å². The van der Waals surface area contributed by atoms with E-state index in [1.807, 2.05) is 26.0 Å². The molecule has 1 unspecified atom stereocenters. The van der Waals surface area contributed by atoms with Crippen LogP contribution < -0.4 is 5.73 Å². The predicted molar refractivity (Wildman–Crippen MR) is 75.8 cm³/mol. The minimum Gasteiger partial charge on any atom is -0.324 e. The Hall–Kier alpha value is -1.45. The molecule has 1 aromatic heterocycles. The van der Waals surface area contributed by atoms with E-state index in [2.05, 4.69) is 4.98 Å². The van der Waals surface area contributed by atoms with E-state index in [0.29, 0.717) is 6.42 Å². The van der Waals surface area contributed by atoms with Gasteiger partial charge in [0.2, 0.25) is 0 Å². The Kier molecular flexibility index (Phi) is 4.17. The van der Waals surface area contributed by atoms with E-state index in [-0.39, 0.29) is 11.1 Å². The Labute approximate surface area is 117 Å². The van der Waals surface area contributed by atoms with Crippen LogP contribution in [0.3, 0.4) is 0 Å². The highest BCUT2D eigenvalue weighted by Gasteiger charge is 2.12. The molecular formula is C15H16ClFN2. The first-order valence-electron chi connectivity index (χ1n) is 6.11. The van der Waals surface area contributed by atoms with E-state index in [0.717, 1.165) is 22.5 Å². The number of benzene rings is 1. The van der Waals surface area contributed by atoms with Gasteiger partial charge in [0.25, 0.3) is 0 Å². The number of pyridine rings is 1. The summed E-state index contributed by atoms with van der Waals surface area (Å²) in [7, 11) is 0. The van der Waals surface area contributed by atoms with E-state index in [4.69, 9.17) is 17.3 Å². The molecule has 0 fully saturated rings. The number of aryl methyl sites for hydroxylation is 2. The Bertz CT molecular complexity index is 599. The van der Waals surface area contributed by atoms with Gasteiger partial charge in [0.1, 0.15) is 5.82 Å². The molecule has 19 heavy (non-hydrogen) atoms. The summed E-state index contributed by atoms with van der Waals surface area (Å²) >= 11 is 5.77. The van der Waals surface area contributed by atoms with Crippen molar-refractivity contribution >= 4 is 11.6 Å². The van der Waals surface area contributed by atoms with Gasteiger partial charge in [0, 0.05) is 17.4 Å². The molecule has 0 aliphatic rings. The first-order valence-corrected chi connectivity index (χ1v) is 6.49. The second kappa shape index (κ2) is 5.68. The van der Waals surface area contributed by atoms with E-state index in [1.165, 1.54) is 6.07 Å². The highest BCUT2D eigenvalue weighted by molar-refractivity contribution is 6.30. The van der Waals surface area contributed by atoms with Crippen LogP contribution in [0.15, 0.2) is 30.3 Å². The lowest BCUT2D eigenvalue weighted by atomic mass is 9.98. The molecule has 1 atom stereocenters. The maximum atomic E-state index is 13.1. The summed E-state index contributed by atoms with van der Waals surface area (Å²) in [6, 6.07) is 8.46. The molecule has 100 valence electrons. The quantitative estimate of drug-likeness (QED) is 0.929. The van der Waals surface area contributed by atoms with Crippen LogP contribution in [-0.4, -0.2) is 4.98 Å². The van der Waals surface area contributed by atoms with Crippen LogP contribution in [0.2, 0.25) is 5.02 Å². The summed E-state index contributed by atoms with van der Waals surface area (Å²) in [5, 5.41) is 0.128. The van der Waals surface area contributed by atoms with Crippen LogP contribution in [0.4, 0.5) is 4.39 Å². The third kappa shape index (κ3) is 3.31. The average Bonchev–Trinajstić information content (AvgIpc) is 2.33. The minimum atomic E-state index is -0.410. The molecular weight excluding hydrogens is 263 g/mol. The van der Waals surface area contributed by atoms with Gasteiger partial charge in [-0.15, -0.1) is 0 Å². The number of nitrogens with zero attached hydrogens (tertiary/aromatic N) is 1.